The fourth-order valence-electron chi connectivity index (χ4n) is 4.36. The molecule has 7 heteroatoms. The van der Waals surface area contributed by atoms with Crippen LogP contribution < -0.4 is 5.73 Å². The molecule has 2 N–H and O–H groups in total. The fourth-order valence-corrected chi connectivity index (χ4v) is 5.38. The van der Waals surface area contributed by atoms with Gasteiger partial charge in [-0.05, 0) is 89.8 Å². The maximum Gasteiger partial charge on any atom is 0.409 e. The van der Waals surface area contributed by atoms with Crippen molar-refractivity contribution in [2.24, 2.45) is 0 Å². The molecule has 1 aromatic carbocycles. The fraction of sp³-hybridized carbons (Fsp3) is 0.391. The van der Waals surface area contributed by atoms with E-state index in [0.717, 1.165) is 57.1 Å². The van der Waals surface area contributed by atoms with E-state index in [2.05, 4.69) is 50.9 Å². The van der Waals surface area contributed by atoms with Gasteiger partial charge in [0.05, 0.1) is 12.3 Å². The number of carbonyl (C=O) groups is 1. The Hall–Kier alpha value is -1.86. The van der Waals surface area contributed by atoms with Crippen LogP contribution in [0.15, 0.2) is 32.8 Å². The lowest BCUT2D eigenvalue weighted by molar-refractivity contribution is 0.104. The largest absolute Gasteiger partial charge is 0.450 e. The molecule has 1 aliphatic heterocycles. The second-order valence-electron chi connectivity index (χ2n) is 7.76. The van der Waals surface area contributed by atoms with Crippen molar-refractivity contribution in [2.75, 3.05) is 25.4 Å². The van der Waals surface area contributed by atoms with E-state index in [0.29, 0.717) is 19.7 Å². The summed E-state index contributed by atoms with van der Waals surface area (Å²) in [7, 11) is 0. The van der Waals surface area contributed by atoms with E-state index in [4.69, 9.17) is 15.5 Å². The van der Waals surface area contributed by atoms with Crippen LogP contribution in [0.5, 0.6) is 0 Å². The van der Waals surface area contributed by atoms with Gasteiger partial charge in [0, 0.05) is 39.5 Å². The van der Waals surface area contributed by atoms with Crippen LogP contribution in [-0.2, 0) is 17.6 Å². The van der Waals surface area contributed by atoms with Crippen LogP contribution in [-0.4, -0.2) is 35.7 Å². The van der Waals surface area contributed by atoms with Crippen molar-refractivity contribution in [2.45, 2.75) is 39.5 Å². The van der Waals surface area contributed by atoms with Gasteiger partial charge in [-0.15, -0.1) is 0 Å². The van der Waals surface area contributed by atoms with Crippen molar-refractivity contribution < 1.29 is 9.53 Å². The Morgan fingerprint density at radius 1 is 1.20 bits per heavy atom. The third-order valence-corrected chi connectivity index (χ3v) is 7.49. The maximum atomic E-state index is 12.1. The summed E-state index contributed by atoms with van der Waals surface area (Å²) in [4.78, 5) is 18.8. The van der Waals surface area contributed by atoms with Crippen molar-refractivity contribution in [3.8, 4) is 0 Å². The number of halogens is 2. The molecular weight excluding hydrogens is 510 g/mol. The molecule has 0 saturated carbocycles. The third kappa shape index (κ3) is 3.89. The number of amides is 1. The van der Waals surface area contributed by atoms with E-state index in [9.17, 15) is 4.79 Å². The Morgan fingerprint density at radius 3 is 2.63 bits per heavy atom. The minimum atomic E-state index is -0.229. The molecule has 1 amide bonds. The van der Waals surface area contributed by atoms with E-state index in [1.54, 1.807) is 4.90 Å². The zero-order valence-electron chi connectivity index (χ0n) is 17.2. The van der Waals surface area contributed by atoms with Crippen molar-refractivity contribution >= 4 is 49.2 Å². The summed E-state index contributed by atoms with van der Waals surface area (Å²) >= 11 is 7.38. The Balaban J connectivity index is 1.84. The summed E-state index contributed by atoms with van der Waals surface area (Å²) in [6.45, 7) is 5.60. The number of aromatic nitrogens is 1. The van der Waals surface area contributed by atoms with Crippen LogP contribution >= 0.6 is 31.9 Å². The molecule has 1 aromatic heterocycles. The number of nitrogen functional groups attached to an aromatic ring is 1. The van der Waals surface area contributed by atoms with E-state index in [-0.39, 0.29) is 6.09 Å². The number of hydrogen-bond acceptors (Lipinski definition) is 4. The quantitative estimate of drug-likeness (QED) is 0.480. The lowest BCUT2D eigenvalue weighted by Gasteiger charge is -2.29. The number of fused-ring (bicyclic) bond motifs is 2. The number of aryl methyl sites for hydroxylation is 1. The second-order valence-corrected chi connectivity index (χ2v) is 9.47. The zero-order valence-corrected chi connectivity index (χ0v) is 20.4. The van der Waals surface area contributed by atoms with Gasteiger partial charge >= 0.3 is 6.09 Å². The first kappa shape index (κ1) is 21.4. The molecule has 0 spiro atoms. The van der Waals surface area contributed by atoms with E-state index >= 15 is 0 Å². The Kier molecular flexibility index (Phi) is 6.21. The zero-order chi connectivity index (χ0) is 21.4. The normalized spacial score (nSPS) is 16.1. The number of likely N-dealkylation sites (tertiary alicyclic amines) is 1. The number of benzene rings is 1. The summed E-state index contributed by atoms with van der Waals surface area (Å²) in [5.74, 6) is 0. The maximum absolute atomic E-state index is 12.1. The van der Waals surface area contributed by atoms with E-state index in [1.165, 1.54) is 22.3 Å². The molecule has 2 aromatic rings. The van der Waals surface area contributed by atoms with Crippen molar-refractivity contribution in [3.63, 3.8) is 0 Å². The van der Waals surface area contributed by atoms with Crippen LogP contribution in [0.2, 0.25) is 0 Å². The minimum absolute atomic E-state index is 0.229. The van der Waals surface area contributed by atoms with Crippen LogP contribution in [0.3, 0.4) is 0 Å². The average molecular weight is 535 g/mol. The molecule has 1 fully saturated rings. The molecule has 0 unspecified atom stereocenters. The first-order valence-electron chi connectivity index (χ1n) is 10.3. The van der Waals surface area contributed by atoms with Gasteiger partial charge in [-0.3, -0.25) is 4.98 Å². The number of nitrogens with two attached hydrogens (primary N) is 1. The highest BCUT2D eigenvalue weighted by Gasteiger charge is 2.28. The molecule has 30 heavy (non-hydrogen) atoms. The van der Waals surface area contributed by atoms with Gasteiger partial charge in [-0.2, -0.15) is 0 Å². The molecule has 4 rings (SSSR count). The molecule has 2 heterocycles. The van der Waals surface area contributed by atoms with Gasteiger partial charge in [0.15, 0.2) is 0 Å². The highest BCUT2D eigenvalue weighted by atomic mass is 79.9. The van der Waals surface area contributed by atoms with Crippen molar-refractivity contribution in [1.29, 1.82) is 0 Å². The number of carbonyl (C=O) groups excluding carboxylic acids is 1. The first-order chi connectivity index (χ1) is 14.4. The van der Waals surface area contributed by atoms with Crippen LogP contribution in [0.25, 0.3) is 5.57 Å². The van der Waals surface area contributed by atoms with Gasteiger partial charge in [-0.1, -0.05) is 21.5 Å². The molecule has 0 radical (unpaired) electrons. The van der Waals surface area contributed by atoms with Gasteiger partial charge in [0.1, 0.15) is 0 Å². The van der Waals surface area contributed by atoms with Crippen molar-refractivity contribution in [1.82, 2.24) is 9.88 Å². The predicted octanol–water partition coefficient (Wildman–Crippen LogP) is 5.65. The lowest BCUT2D eigenvalue weighted by atomic mass is 9.87. The highest BCUT2D eigenvalue weighted by molar-refractivity contribution is 9.10. The molecule has 0 bridgehead atoms. The number of nitrogens with zero attached hydrogens (tertiary/aromatic N) is 2. The topological polar surface area (TPSA) is 68.5 Å². The first-order valence-corrected chi connectivity index (χ1v) is 11.9. The summed E-state index contributed by atoms with van der Waals surface area (Å²) in [5, 5.41) is 0. The number of anilines is 1. The lowest BCUT2D eigenvalue weighted by Crippen LogP contribution is -2.37. The van der Waals surface area contributed by atoms with Gasteiger partial charge in [-0.25, -0.2) is 4.79 Å². The smallest absolute Gasteiger partial charge is 0.409 e. The molecule has 5 nitrogen and oxygen atoms in total. The molecule has 1 aliphatic carbocycles. The molecule has 0 atom stereocenters. The summed E-state index contributed by atoms with van der Waals surface area (Å²) in [6.07, 6.45) is 5.08. The number of rotatable bonds is 1. The standard InChI is InChI=1S/C23H25Br2N3O2/c1-3-30-23(29)28-8-6-14(7-9-28)20-18-11-19(26)13(2)21(25)17(18)5-4-15-10-16(24)12-27-22(15)20/h10-12H,3-9,26H2,1-2H3. The van der Waals surface area contributed by atoms with Crippen LogP contribution in [0.1, 0.15) is 47.7 Å². The third-order valence-electron chi connectivity index (χ3n) is 5.98. The Labute approximate surface area is 193 Å². The highest BCUT2D eigenvalue weighted by Crippen LogP contribution is 2.42. The van der Waals surface area contributed by atoms with E-state index < -0.39 is 0 Å². The summed E-state index contributed by atoms with van der Waals surface area (Å²) < 4.78 is 7.26. The molecule has 1 saturated heterocycles. The van der Waals surface area contributed by atoms with Gasteiger partial charge in [0.2, 0.25) is 0 Å². The molecule has 2 aliphatic rings. The predicted molar refractivity (Wildman–Crippen MR) is 126 cm³/mol. The Morgan fingerprint density at radius 2 is 1.93 bits per heavy atom. The number of piperidine rings is 1. The SMILES string of the molecule is CCOC(=O)N1CCC(=C2c3cc(N)c(C)c(Br)c3CCc3cc(Br)cnc32)CC1. The van der Waals surface area contributed by atoms with E-state index in [1.807, 2.05) is 13.1 Å². The van der Waals surface area contributed by atoms with Gasteiger partial charge < -0.3 is 15.4 Å². The van der Waals surface area contributed by atoms with Crippen LogP contribution in [0.4, 0.5) is 10.5 Å². The minimum Gasteiger partial charge on any atom is -0.450 e. The molecular formula is C23H25Br2N3O2. The number of pyridine rings is 1. The van der Waals surface area contributed by atoms with Crippen LogP contribution in [0, 0.1) is 6.92 Å². The van der Waals surface area contributed by atoms with Gasteiger partial charge in [0.25, 0.3) is 0 Å². The number of hydrogen-bond donors (Lipinski definition) is 1. The summed E-state index contributed by atoms with van der Waals surface area (Å²) in [5.41, 5.74) is 15.5. The monoisotopic (exact) mass is 533 g/mol. The van der Waals surface area contributed by atoms with Crippen molar-refractivity contribution in [3.05, 3.63) is 60.8 Å². The number of ether oxygens (including phenoxy) is 1. The average Bonchev–Trinajstić information content (AvgIpc) is 2.89. The Bertz CT molecular complexity index is 1040. The summed E-state index contributed by atoms with van der Waals surface area (Å²) in [6, 6.07) is 4.28. The second kappa shape index (κ2) is 8.71. The molecule has 158 valence electrons.